The first-order valence-electron chi connectivity index (χ1n) is 10.8. The second-order valence-electron chi connectivity index (χ2n) is 8.76. The monoisotopic (exact) mass is 385 g/mol. The number of amides is 2. The maximum absolute atomic E-state index is 12.4. The van der Waals surface area contributed by atoms with Gasteiger partial charge in [0.15, 0.2) is 0 Å². The number of nitrogens with one attached hydrogen (secondary N) is 2. The predicted octanol–water partition coefficient (Wildman–Crippen LogP) is 3.71. The highest BCUT2D eigenvalue weighted by Gasteiger charge is 2.32. The molecular weight excluding hydrogens is 350 g/mol. The third-order valence-electron chi connectivity index (χ3n) is 6.01. The maximum atomic E-state index is 12.4. The molecular formula is C23H35N3O2. The standard InChI is InChI=1S/C23H35N3O2/c1-16-11-17(2)23(18(3)12-16)25-21(27)13-24-22(28)15-26(20-9-10-20)14-19-7-5-4-6-8-19/h11-12,19-20H,4-10,13-15H2,1-3H3,(H,24,28)(H,25,27). The Kier molecular flexibility index (Phi) is 7.11. The lowest BCUT2D eigenvalue weighted by molar-refractivity contribution is -0.125. The third-order valence-corrected chi connectivity index (χ3v) is 6.01. The lowest BCUT2D eigenvalue weighted by Gasteiger charge is -2.29. The molecule has 0 atom stereocenters. The van der Waals surface area contributed by atoms with Gasteiger partial charge in [0.25, 0.3) is 0 Å². The number of carbonyl (C=O) groups excluding carboxylic acids is 2. The first-order valence-corrected chi connectivity index (χ1v) is 10.8. The van der Waals surface area contributed by atoms with Crippen LogP contribution in [0.5, 0.6) is 0 Å². The summed E-state index contributed by atoms with van der Waals surface area (Å²) in [4.78, 5) is 27.1. The van der Waals surface area contributed by atoms with Gasteiger partial charge in [-0.2, -0.15) is 0 Å². The number of anilines is 1. The van der Waals surface area contributed by atoms with Crippen LogP contribution in [0.15, 0.2) is 12.1 Å². The van der Waals surface area contributed by atoms with Crippen LogP contribution in [0.25, 0.3) is 0 Å². The maximum Gasteiger partial charge on any atom is 0.243 e. The van der Waals surface area contributed by atoms with Gasteiger partial charge in [0.1, 0.15) is 0 Å². The van der Waals surface area contributed by atoms with Gasteiger partial charge < -0.3 is 10.6 Å². The topological polar surface area (TPSA) is 61.4 Å². The van der Waals surface area contributed by atoms with Crippen molar-refractivity contribution in [1.82, 2.24) is 10.2 Å². The second kappa shape index (κ2) is 9.55. The number of carbonyl (C=O) groups is 2. The minimum absolute atomic E-state index is 0.0214. The molecule has 2 amide bonds. The fourth-order valence-corrected chi connectivity index (χ4v) is 4.46. The Bertz CT molecular complexity index is 683. The summed E-state index contributed by atoms with van der Waals surface area (Å²) in [7, 11) is 0. The van der Waals surface area contributed by atoms with E-state index in [1.165, 1.54) is 50.5 Å². The number of aryl methyl sites for hydroxylation is 3. The van der Waals surface area contributed by atoms with E-state index in [9.17, 15) is 9.59 Å². The van der Waals surface area contributed by atoms with Gasteiger partial charge in [-0.1, -0.05) is 37.0 Å². The van der Waals surface area contributed by atoms with Gasteiger partial charge in [-0.15, -0.1) is 0 Å². The van der Waals surface area contributed by atoms with Gasteiger partial charge in [-0.25, -0.2) is 0 Å². The Morgan fingerprint density at radius 2 is 1.61 bits per heavy atom. The van der Waals surface area contributed by atoms with Crippen molar-refractivity contribution in [2.24, 2.45) is 5.92 Å². The van der Waals surface area contributed by atoms with Crippen LogP contribution >= 0.6 is 0 Å². The van der Waals surface area contributed by atoms with Crippen LogP contribution in [0.1, 0.15) is 61.6 Å². The van der Waals surface area contributed by atoms with Gasteiger partial charge in [0.2, 0.25) is 11.8 Å². The molecule has 0 saturated heterocycles. The normalized spacial score (nSPS) is 17.6. The van der Waals surface area contributed by atoms with Crippen molar-refractivity contribution in [2.45, 2.75) is 71.8 Å². The highest BCUT2D eigenvalue weighted by atomic mass is 16.2. The van der Waals surface area contributed by atoms with Gasteiger partial charge in [0.05, 0.1) is 13.1 Å². The van der Waals surface area contributed by atoms with E-state index in [0.717, 1.165) is 29.3 Å². The second-order valence-corrected chi connectivity index (χ2v) is 8.76. The van der Waals surface area contributed by atoms with Crippen molar-refractivity contribution >= 4 is 17.5 Å². The Hall–Kier alpha value is -1.88. The molecule has 28 heavy (non-hydrogen) atoms. The van der Waals surface area contributed by atoms with E-state index in [4.69, 9.17) is 0 Å². The quantitative estimate of drug-likeness (QED) is 0.717. The van der Waals surface area contributed by atoms with Crippen LogP contribution in [-0.4, -0.2) is 42.4 Å². The molecule has 2 saturated carbocycles. The molecule has 0 aromatic heterocycles. The Morgan fingerprint density at radius 3 is 2.21 bits per heavy atom. The number of rotatable bonds is 8. The van der Waals surface area contributed by atoms with Crippen molar-refractivity contribution in [2.75, 3.05) is 25.0 Å². The molecule has 154 valence electrons. The number of hydrogen-bond donors (Lipinski definition) is 2. The zero-order valence-corrected chi connectivity index (χ0v) is 17.6. The van der Waals surface area contributed by atoms with Crippen molar-refractivity contribution in [3.05, 3.63) is 28.8 Å². The number of benzene rings is 1. The molecule has 5 heteroatoms. The van der Waals surface area contributed by atoms with E-state index >= 15 is 0 Å². The molecule has 0 heterocycles. The molecule has 2 fully saturated rings. The lowest BCUT2D eigenvalue weighted by atomic mass is 9.89. The van der Waals surface area contributed by atoms with Crippen LogP contribution in [-0.2, 0) is 9.59 Å². The molecule has 1 aromatic carbocycles. The summed E-state index contributed by atoms with van der Waals surface area (Å²) in [5.41, 5.74) is 4.12. The molecule has 0 spiro atoms. The van der Waals surface area contributed by atoms with Crippen LogP contribution < -0.4 is 10.6 Å². The van der Waals surface area contributed by atoms with E-state index in [0.29, 0.717) is 12.6 Å². The molecule has 2 aliphatic carbocycles. The predicted molar refractivity (Wildman–Crippen MR) is 113 cm³/mol. The van der Waals surface area contributed by atoms with Crippen LogP contribution in [0.2, 0.25) is 0 Å². The van der Waals surface area contributed by atoms with Crippen LogP contribution in [0, 0.1) is 26.7 Å². The van der Waals surface area contributed by atoms with E-state index in [2.05, 4.69) is 27.7 Å². The van der Waals surface area contributed by atoms with Crippen LogP contribution in [0.4, 0.5) is 5.69 Å². The number of hydrogen-bond acceptors (Lipinski definition) is 3. The number of nitrogens with zero attached hydrogens (tertiary/aromatic N) is 1. The first kappa shape index (κ1) is 20.8. The SMILES string of the molecule is Cc1cc(C)c(NC(=O)CNC(=O)CN(CC2CCCCC2)C2CC2)c(C)c1. The average Bonchev–Trinajstić information content (AvgIpc) is 3.48. The molecule has 5 nitrogen and oxygen atoms in total. The summed E-state index contributed by atoms with van der Waals surface area (Å²) in [5.74, 6) is 0.516. The van der Waals surface area contributed by atoms with Gasteiger partial charge in [-0.05, 0) is 63.5 Å². The molecule has 0 bridgehead atoms. The molecule has 1 aromatic rings. The van der Waals surface area contributed by atoms with Crippen molar-refractivity contribution in [3.63, 3.8) is 0 Å². The average molecular weight is 386 g/mol. The summed E-state index contributed by atoms with van der Waals surface area (Å²) >= 11 is 0. The minimum Gasteiger partial charge on any atom is -0.346 e. The Labute approximate surface area is 169 Å². The van der Waals surface area contributed by atoms with Crippen molar-refractivity contribution < 1.29 is 9.59 Å². The first-order chi connectivity index (χ1) is 13.4. The minimum atomic E-state index is -0.173. The third kappa shape index (κ3) is 6.06. The largest absolute Gasteiger partial charge is 0.346 e. The summed E-state index contributed by atoms with van der Waals surface area (Å²) < 4.78 is 0. The molecule has 2 aliphatic rings. The summed E-state index contributed by atoms with van der Waals surface area (Å²) in [6, 6.07) is 4.68. The van der Waals surface area contributed by atoms with Crippen molar-refractivity contribution in [1.29, 1.82) is 0 Å². The van der Waals surface area contributed by atoms with Crippen molar-refractivity contribution in [3.8, 4) is 0 Å². The summed E-state index contributed by atoms with van der Waals surface area (Å²) in [5, 5.41) is 5.76. The zero-order valence-electron chi connectivity index (χ0n) is 17.6. The lowest BCUT2D eigenvalue weighted by Crippen LogP contribution is -2.43. The van der Waals surface area contributed by atoms with Crippen LogP contribution in [0.3, 0.4) is 0 Å². The Balaban J connectivity index is 1.45. The highest BCUT2D eigenvalue weighted by Crippen LogP contribution is 2.31. The highest BCUT2D eigenvalue weighted by molar-refractivity contribution is 5.96. The van der Waals surface area contributed by atoms with E-state index in [1.54, 1.807) is 0 Å². The van der Waals surface area contributed by atoms with E-state index < -0.39 is 0 Å². The molecule has 0 aliphatic heterocycles. The molecule has 0 unspecified atom stereocenters. The fraction of sp³-hybridized carbons (Fsp3) is 0.652. The molecule has 2 N–H and O–H groups in total. The van der Waals surface area contributed by atoms with Gasteiger partial charge >= 0.3 is 0 Å². The smallest absolute Gasteiger partial charge is 0.243 e. The summed E-state index contributed by atoms with van der Waals surface area (Å²) in [6.45, 7) is 7.50. The molecule has 3 rings (SSSR count). The van der Waals surface area contributed by atoms with Gasteiger partial charge in [-0.3, -0.25) is 14.5 Å². The fourth-order valence-electron chi connectivity index (χ4n) is 4.46. The zero-order chi connectivity index (χ0) is 20.1. The Morgan fingerprint density at radius 1 is 0.964 bits per heavy atom. The van der Waals surface area contributed by atoms with E-state index in [1.807, 2.05) is 20.8 Å². The summed E-state index contributed by atoms with van der Waals surface area (Å²) in [6.07, 6.45) is 9.00. The molecule has 0 radical (unpaired) electrons. The van der Waals surface area contributed by atoms with E-state index in [-0.39, 0.29) is 18.4 Å². The van der Waals surface area contributed by atoms with Gasteiger partial charge in [0, 0.05) is 18.3 Å².